The third-order valence-electron chi connectivity index (χ3n) is 3.08. The first-order valence-corrected chi connectivity index (χ1v) is 6.04. The average molecular weight is 266 g/mol. The zero-order chi connectivity index (χ0) is 14.3. The van der Waals surface area contributed by atoms with Gasteiger partial charge in [0.05, 0.1) is 0 Å². The number of hydrogen-bond donors (Lipinski definition) is 0. The molecule has 0 aromatic heterocycles. The van der Waals surface area contributed by atoms with E-state index in [-0.39, 0.29) is 23.7 Å². The standard InChI is InChI=1S/C13H15FO2.CO2/c1-2-9-7-8-16-13(12(9)15)10-3-5-11(14)6-4-10;2-1-3/h3-6,9,13H,2,7-8H2,1H3;. The fourth-order valence-corrected chi connectivity index (χ4v) is 2.07. The second-order valence-corrected chi connectivity index (χ2v) is 4.18. The molecule has 19 heavy (non-hydrogen) atoms. The van der Waals surface area contributed by atoms with E-state index in [0.29, 0.717) is 6.61 Å². The first-order valence-electron chi connectivity index (χ1n) is 6.04. The highest BCUT2D eigenvalue weighted by molar-refractivity contribution is 5.87. The number of Topliss-reactive ketones (excluding diaryl/α,β-unsaturated/α-hetero) is 1. The van der Waals surface area contributed by atoms with Crippen molar-refractivity contribution in [1.82, 2.24) is 0 Å². The molecule has 1 aliphatic heterocycles. The number of ether oxygens (including phenoxy) is 1. The zero-order valence-electron chi connectivity index (χ0n) is 10.6. The van der Waals surface area contributed by atoms with Crippen molar-refractivity contribution < 1.29 is 23.5 Å². The summed E-state index contributed by atoms with van der Waals surface area (Å²) in [6.45, 7) is 2.61. The molecular weight excluding hydrogens is 251 g/mol. The molecule has 1 aromatic carbocycles. The molecule has 4 nitrogen and oxygen atoms in total. The average Bonchev–Trinajstić information content (AvgIpc) is 2.41. The molecule has 2 rings (SSSR count). The van der Waals surface area contributed by atoms with E-state index in [4.69, 9.17) is 14.3 Å². The Hall–Kier alpha value is -1.84. The lowest BCUT2D eigenvalue weighted by Gasteiger charge is -2.27. The number of carbonyl (C=O) groups excluding carboxylic acids is 3. The summed E-state index contributed by atoms with van der Waals surface area (Å²) in [6.07, 6.45) is 1.40. The van der Waals surface area contributed by atoms with Gasteiger partial charge < -0.3 is 4.74 Å². The molecule has 0 spiro atoms. The van der Waals surface area contributed by atoms with Gasteiger partial charge in [-0.15, -0.1) is 0 Å². The van der Waals surface area contributed by atoms with Crippen LogP contribution in [0.15, 0.2) is 24.3 Å². The summed E-state index contributed by atoms with van der Waals surface area (Å²) in [5.74, 6) is -0.0804. The zero-order valence-corrected chi connectivity index (χ0v) is 10.6. The van der Waals surface area contributed by atoms with E-state index in [1.54, 1.807) is 12.1 Å². The fraction of sp³-hybridized carbons (Fsp3) is 0.429. The van der Waals surface area contributed by atoms with Crippen LogP contribution < -0.4 is 0 Å². The number of rotatable bonds is 2. The van der Waals surface area contributed by atoms with Crippen LogP contribution in [0.5, 0.6) is 0 Å². The monoisotopic (exact) mass is 266 g/mol. The van der Waals surface area contributed by atoms with Crippen LogP contribution >= 0.6 is 0 Å². The minimum atomic E-state index is -0.501. The maximum absolute atomic E-state index is 12.8. The largest absolute Gasteiger partial charge is 0.373 e. The minimum absolute atomic E-state index is 0.0869. The molecule has 1 heterocycles. The van der Waals surface area contributed by atoms with Crippen LogP contribution in [0, 0.1) is 11.7 Å². The number of carbonyl (C=O) groups is 1. The molecule has 1 aliphatic rings. The molecule has 1 aromatic rings. The van der Waals surface area contributed by atoms with Crippen molar-refractivity contribution in [2.75, 3.05) is 6.61 Å². The number of hydrogen-bond acceptors (Lipinski definition) is 4. The summed E-state index contributed by atoms with van der Waals surface area (Å²) in [5.41, 5.74) is 0.754. The highest BCUT2D eigenvalue weighted by Gasteiger charge is 2.31. The van der Waals surface area contributed by atoms with Gasteiger partial charge in [0, 0.05) is 12.5 Å². The molecule has 0 aliphatic carbocycles. The van der Waals surface area contributed by atoms with Gasteiger partial charge in [0.25, 0.3) is 0 Å². The third-order valence-corrected chi connectivity index (χ3v) is 3.08. The van der Waals surface area contributed by atoms with Crippen LogP contribution in [0.25, 0.3) is 0 Å². The highest BCUT2D eigenvalue weighted by atomic mass is 19.1. The van der Waals surface area contributed by atoms with Gasteiger partial charge in [-0.3, -0.25) is 4.79 Å². The lowest BCUT2D eigenvalue weighted by molar-refractivity contribution is -0.191. The van der Waals surface area contributed by atoms with Crippen molar-refractivity contribution in [2.24, 2.45) is 5.92 Å². The van der Waals surface area contributed by atoms with Gasteiger partial charge >= 0.3 is 6.15 Å². The molecule has 1 saturated heterocycles. The maximum atomic E-state index is 12.8. The van der Waals surface area contributed by atoms with Gasteiger partial charge in [-0.2, -0.15) is 9.59 Å². The SMILES string of the molecule is CCC1CCOC(c2ccc(F)cc2)C1=O.O=C=O. The molecule has 0 radical (unpaired) electrons. The molecule has 0 saturated carbocycles. The van der Waals surface area contributed by atoms with E-state index in [2.05, 4.69) is 0 Å². The Morgan fingerprint density at radius 1 is 1.32 bits per heavy atom. The van der Waals surface area contributed by atoms with Crippen LogP contribution in [-0.2, 0) is 19.1 Å². The Balaban J connectivity index is 0.000000550. The van der Waals surface area contributed by atoms with Gasteiger partial charge in [0.15, 0.2) is 5.78 Å². The van der Waals surface area contributed by atoms with Crippen LogP contribution in [0.2, 0.25) is 0 Å². The van der Waals surface area contributed by atoms with E-state index in [0.717, 1.165) is 18.4 Å². The van der Waals surface area contributed by atoms with E-state index in [1.807, 2.05) is 6.92 Å². The molecule has 102 valence electrons. The minimum Gasteiger partial charge on any atom is -0.366 e. The van der Waals surface area contributed by atoms with Crippen LogP contribution in [-0.4, -0.2) is 18.5 Å². The lowest BCUT2D eigenvalue weighted by atomic mass is 9.89. The van der Waals surface area contributed by atoms with Gasteiger partial charge in [-0.1, -0.05) is 19.1 Å². The molecule has 2 atom stereocenters. The van der Waals surface area contributed by atoms with Crippen molar-refractivity contribution >= 4 is 11.9 Å². The summed E-state index contributed by atoms with van der Waals surface area (Å²) in [4.78, 5) is 28.3. The molecule has 5 heteroatoms. The molecule has 0 N–H and O–H groups in total. The van der Waals surface area contributed by atoms with Gasteiger partial charge in [-0.25, -0.2) is 4.39 Å². The van der Waals surface area contributed by atoms with Crippen molar-refractivity contribution in [3.63, 3.8) is 0 Å². The summed E-state index contributed by atoms with van der Waals surface area (Å²) in [5, 5.41) is 0. The topological polar surface area (TPSA) is 60.4 Å². The van der Waals surface area contributed by atoms with Crippen LogP contribution in [0.4, 0.5) is 4.39 Å². The highest BCUT2D eigenvalue weighted by Crippen LogP contribution is 2.29. The number of halogens is 1. The molecule has 2 unspecified atom stereocenters. The van der Waals surface area contributed by atoms with Crippen molar-refractivity contribution in [1.29, 1.82) is 0 Å². The van der Waals surface area contributed by atoms with E-state index in [1.165, 1.54) is 12.1 Å². The normalized spacial score (nSPS) is 22.1. The number of ketones is 1. The second-order valence-electron chi connectivity index (χ2n) is 4.18. The van der Waals surface area contributed by atoms with Gasteiger partial charge in [0.1, 0.15) is 11.9 Å². The van der Waals surface area contributed by atoms with E-state index < -0.39 is 6.10 Å². The Bertz CT molecular complexity index is 449. The molecule has 0 amide bonds. The van der Waals surface area contributed by atoms with E-state index in [9.17, 15) is 9.18 Å². The number of benzene rings is 1. The quantitative estimate of drug-likeness (QED) is 0.824. The second kappa shape index (κ2) is 7.56. The third kappa shape index (κ3) is 4.09. The lowest BCUT2D eigenvalue weighted by Crippen LogP contribution is -2.30. The Kier molecular flexibility index (Phi) is 6.06. The maximum Gasteiger partial charge on any atom is 0.373 e. The van der Waals surface area contributed by atoms with Crippen molar-refractivity contribution in [3.05, 3.63) is 35.6 Å². The smallest absolute Gasteiger partial charge is 0.366 e. The van der Waals surface area contributed by atoms with Gasteiger partial charge in [0.2, 0.25) is 0 Å². The Labute approximate surface area is 110 Å². The first-order chi connectivity index (χ1) is 9.13. The van der Waals surface area contributed by atoms with Crippen molar-refractivity contribution in [2.45, 2.75) is 25.9 Å². The summed E-state index contributed by atoms with van der Waals surface area (Å²) in [6, 6.07) is 5.97. The molecular formula is C14H15FO4. The van der Waals surface area contributed by atoms with E-state index >= 15 is 0 Å². The fourth-order valence-electron chi connectivity index (χ4n) is 2.07. The van der Waals surface area contributed by atoms with Crippen molar-refractivity contribution in [3.8, 4) is 0 Å². The predicted octanol–water partition coefficient (Wildman–Crippen LogP) is 2.30. The molecule has 1 fully saturated rings. The predicted molar refractivity (Wildman–Crippen MR) is 63.5 cm³/mol. The Morgan fingerprint density at radius 3 is 2.42 bits per heavy atom. The summed E-state index contributed by atoms with van der Waals surface area (Å²) < 4.78 is 18.2. The van der Waals surface area contributed by atoms with Crippen LogP contribution in [0.3, 0.4) is 0 Å². The summed E-state index contributed by atoms with van der Waals surface area (Å²) in [7, 11) is 0. The van der Waals surface area contributed by atoms with Crippen LogP contribution in [0.1, 0.15) is 31.4 Å². The molecule has 0 bridgehead atoms. The first kappa shape index (κ1) is 15.2. The summed E-state index contributed by atoms with van der Waals surface area (Å²) >= 11 is 0. The van der Waals surface area contributed by atoms with Gasteiger partial charge in [-0.05, 0) is 30.5 Å². The Morgan fingerprint density at radius 2 is 1.89 bits per heavy atom.